The van der Waals surface area contributed by atoms with Crippen LogP contribution in [0.5, 0.6) is 0 Å². The molecule has 8 heteroatoms. The normalized spacial score (nSPS) is 24.8. The van der Waals surface area contributed by atoms with Crippen molar-refractivity contribution >= 4 is 15.7 Å². The zero-order valence-electron chi connectivity index (χ0n) is 19.2. The summed E-state index contributed by atoms with van der Waals surface area (Å²) in [7, 11) is -3.38. The molecule has 1 aromatic heterocycles. The Morgan fingerprint density at radius 1 is 1.03 bits per heavy atom. The number of nitrogens with one attached hydrogen (secondary N) is 1. The Balaban J connectivity index is 1.14. The van der Waals surface area contributed by atoms with Gasteiger partial charge in [-0.1, -0.05) is 31.4 Å². The minimum absolute atomic E-state index is 0.106. The minimum Gasteiger partial charge on any atom is -0.366 e. The molecule has 3 aliphatic rings. The Bertz CT molecular complexity index is 1070. The lowest BCUT2D eigenvalue weighted by atomic mass is 10.0. The molecule has 2 saturated carbocycles. The highest BCUT2D eigenvalue weighted by molar-refractivity contribution is 7.92. The van der Waals surface area contributed by atoms with E-state index in [2.05, 4.69) is 20.4 Å². The maximum atomic E-state index is 13.5. The van der Waals surface area contributed by atoms with Gasteiger partial charge in [0.25, 0.3) is 0 Å². The molecule has 5 rings (SSSR count). The molecule has 3 fully saturated rings. The van der Waals surface area contributed by atoms with Crippen molar-refractivity contribution < 1.29 is 12.8 Å². The summed E-state index contributed by atoms with van der Waals surface area (Å²) in [6, 6.07) is 9.11. The third-order valence-electron chi connectivity index (χ3n) is 7.73. The number of halogens is 1. The zero-order chi connectivity index (χ0) is 23.0. The number of anilines is 1. The standard InChI is InChI=1S/C25H33FN4O2S/c1-17-11-18(7-8-23(17)26)14-30-15-19-12-21(13-20(19)16-30)27-24-9-10-25(29-28-24)33(31,32)22-5-3-2-4-6-22/h7-11,19-22H,2-6,12-16H2,1H3,(H,27,28)/t19-,20-/m1/s1. The second-order valence-corrected chi connectivity index (χ2v) is 12.3. The van der Waals surface area contributed by atoms with E-state index in [-0.39, 0.29) is 16.1 Å². The van der Waals surface area contributed by atoms with Crippen LogP contribution < -0.4 is 5.32 Å². The van der Waals surface area contributed by atoms with E-state index in [1.54, 1.807) is 18.2 Å². The van der Waals surface area contributed by atoms with Crippen molar-refractivity contribution in [1.29, 1.82) is 0 Å². The van der Waals surface area contributed by atoms with E-state index in [0.717, 1.165) is 64.6 Å². The Hall–Kier alpha value is -2.06. The lowest BCUT2D eigenvalue weighted by Gasteiger charge is -2.21. The summed E-state index contributed by atoms with van der Waals surface area (Å²) in [4.78, 5) is 2.48. The van der Waals surface area contributed by atoms with Crippen LogP contribution in [0.3, 0.4) is 0 Å². The van der Waals surface area contributed by atoms with Crippen molar-refractivity contribution in [1.82, 2.24) is 15.1 Å². The van der Waals surface area contributed by atoms with Crippen molar-refractivity contribution in [2.45, 2.75) is 74.7 Å². The summed E-state index contributed by atoms with van der Waals surface area (Å²) in [6.07, 6.45) is 6.68. The largest absolute Gasteiger partial charge is 0.366 e. The van der Waals surface area contributed by atoms with Crippen LogP contribution >= 0.6 is 0 Å². The molecule has 1 saturated heterocycles. The van der Waals surface area contributed by atoms with Crippen LogP contribution in [-0.4, -0.2) is 47.9 Å². The van der Waals surface area contributed by atoms with E-state index in [1.807, 2.05) is 19.1 Å². The quantitative estimate of drug-likeness (QED) is 0.674. The van der Waals surface area contributed by atoms with E-state index < -0.39 is 9.84 Å². The molecule has 2 heterocycles. The van der Waals surface area contributed by atoms with Gasteiger partial charge in [-0.2, -0.15) is 0 Å². The fourth-order valence-corrected chi connectivity index (χ4v) is 7.72. The van der Waals surface area contributed by atoms with Gasteiger partial charge in [0.05, 0.1) is 5.25 Å². The molecule has 1 aliphatic heterocycles. The zero-order valence-corrected chi connectivity index (χ0v) is 20.0. The fraction of sp³-hybridized carbons (Fsp3) is 0.600. The number of aryl methyl sites for hydroxylation is 1. The number of likely N-dealkylation sites (tertiary alicyclic amines) is 1. The number of nitrogens with zero attached hydrogens (tertiary/aromatic N) is 3. The number of hydrogen-bond donors (Lipinski definition) is 1. The van der Waals surface area contributed by atoms with E-state index in [4.69, 9.17) is 0 Å². The number of aromatic nitrogens is 2. The summed E-state index contributed by atoms with van der Waals surface area (Å²) < 4.78 is 39.2. The van der Waals surface area contributed by atoms with Crippen LogP contribution in [0.2, 0.25) is 0 Å². The fourth-order valence-electron chi connectivity index (χ4n) is 6.01. The van der Waals surface area contributed by atoms with E-state index >= 15 is 0 Å². The highest BCUT2D eigenvalue weighted by atomic mass is 32.2. The Morgan fingerprint density at radius 3 is 2.39 bits per heavy atom. The number of benzene rings is 1. The highest BCUT2D eigenvalue weighted by Gasteiger charge is 2.41. The smallest absolute Gasteiger partial charge is 0.200 e. The first-order chi connectivity index (χ1) is 15.9. The number of rotatable bonds is 6. The summed E-state index contributed by atoms with van der Waals surface area (Å²) >= 11 is 0. The molecule has 2 atom stereocenters. The third-order valence-corrected chi connectivity index (χ3v) is 9.88. The lowest BCUT2D eigenvalue weighted by molar-refractivity contribution is 0.301. The molecule has 6 nitrogen and oxygen atoms in total. The van der Waals surface area contributed by atoms with Gasteiger partial charge in [-0.3, -0.25) is 4.90 Å². The molecule has 2 aromatic rings. The average Bonchev–Trinajstić information content (AvgIpc) is 3.35. The summed E-state index contributed by atoms with van der Waals surface area (Å²) in [5.74, 6) is 1.79. The molecule has 0 radical (unpaired) electrons. The second kappa shape index (κ2) is 9.29. The van der Waals surface area contributed by atoms with Gasteiger partial charge in [0.2, 0.25) is 0 Å². The SMILES string of the molecule is Cc1cc(CN2C[C@H]3CC(Nc4ccc(S(=O)(=O)C5CCCCC5)nn4)C[C@@H]3C2)ccc1F. The van der Waals surface area contributed by atoms with Gasteiger partial charge >= 0.3 is 0 Å². The maximum Gasteiger partial charge on any atom is 0.200 e. The van der Waals surface area contributed by atoms with Gasteiger partial charge in [-0.25, -0.2) is 12.8 Å². The van der Waals surface area contributed by atoms with E-state index in [9.17, 15) is 12.8 Å². The lowest BCUT2D eigenvalue weighted by Crippen LogP contribution is -2.26. The van der Waals surface area contributed by atoms with Crippen molar-refractivity contribution in [3.63, 3.8) is 0 Å². The topological polar surface area (TPSA) is 75.2 Å². The van der Waals surface area contributed by atoms with Crippen LogP contribution in [0.15, 0.2) is 35.4 Å². The van der Waals surface area contributed by atoms with Crippen molar-refractivity contribution in [3.05, 3.63) is 47.3 Å². The van der Waals surface area contributed by atoms with Gasteiger partial charge in [0, 0.05) is 25.7 Å². The number of sulfone groups is 1. The predicted molar refractivity (Wildman–Crippen MR) is 126 cm³/mol. The van der Waals surface area contributed by atoms with Crippen LogP contribution in [0, 0.1) is 24.6 Å². The van der Waals surface area contributed by atoms with Crippen LogP contribution in [-0.2, 0) is 16.4 Å². The predicted octanol–water partition coefficient (Wildman–Crippen LogP) is 4.35. The Morgan fingerprint density at radius 2 is 1.76 bits per heavy atom. The third kappa shape index (κ3) is 4.92. The first-order valence-corrected chi connectivity index (χ1v) is 13.7. The maximum absolute atomic E-state index is 13.5. The Labute approximate surface area is 195 Å². The molecule has 1 N–H and O–H groups in total. The molecule has 178 valence electrons. The van der Waals surface area contributed by atoms with Gasteiger partial charge in [-0.15, -0.1) is 10.2 Å². The van der Waals surface area contributed by atoms with Crippen LogP contribution in [0.25, 0.3) is 0 Å². The molecule has 0 spiro atoms. The average molecular weight is 473 g/mol. The van der Waals surface area contributed by atoms with Crippen LogP contribution in [0.1, 0.15) is 56.1 Å². The van der Waals surface area contributed by atoms with Gasteiger partial charge in [0.1, 0.15) is 11.6 Å². The monoisotopic (exact) mass is 472 g/mol. The Kier molecular flexibility index (Phi) is 6.40. The minimum atomic E-state index is -3.38. The molecule has 1 aromatic carbocycles. The van der Waals surface area contributed by atoms with Crippen molar-refractivity contribution in [2.24, 2.45) is 11.8 Å². The molecular weight excluding hydrogens is 439 g/mol. The first-order valence-electron chi connectivity index (χ1n) is 12.2. The molecule has 0 amide bonds. The summed E-state index contributed by atoms with van der Waals surface area (Å²) in [6.45, 7) is 4.80. The van der Waals surface area contributed by atoms with E-state index in [1.165, 1.54) is 5.56 Å². The highest BCUT2D eigenvalue weighted by Crippen LogP contribution is 2.39. The molecule has 0 bridgehead atoms. The van der Waals surface area contributed by atoms with Gasteiger partial charge < -0.3 is 5.32 Å². The van der Waals surface area contributed by atoms with Crippen LogP contribution in [0.4, 0.5) is 10.2 Å². The van der Waals surface area contributed by atoms with Gasteiger partial charge in [-0.05, 0) is 73.8 Å². The molecular formula is C25H33FN4O2S. The number of fused-ring (bicyclic) bond motifs is 1. The molecule has 2 aliphatic carbocycles. The van der Waals surface area contributed by atoms with Gasteiger partial charge in [0.15, 0.2) is 14.9 Å². The molecule has 0 unspecified atom stereocenters. The number of hydrogen-bond acceptors (Lipinski definition) is 6. The van der Waals surface area contributed by atoms with Crippen molar-refractivity contribution in [2.75, 3.05) is 18.4 Å². The molecule has 33 heavy (non-hydrogen) atoms. The summed E-state index contributed by atoms with van der Waals surface area (Å²) in [5.41, 5.74) is 1.87. The van der Waals surface area contributed by atoms with E-state index in [0.29, 0.717) is 29.3 Å². The van der Waals surface area contributed by atoms with Crippen molar-refractivity contribution in [3.8, 4) is 0 Å². The second-order valence-electron chi connectivity index (χ2n) is 10.2. The first kappa shape index (κ1) is 22.7. The summed E-state index contributed by atoms with van der Waals surface area (Å²) in [5, 5.41) is 11.6.